The molecule has 31 heavy (non-hydrogen) atoms. The number of Topliss-reactive ketones (excluding diaryl/α,β-unsaturated/α-hetero) is 1. The molecule has 2 aliphatic carbocycles. The third-order valence-electron chi connectivity index (χ3n) is 5.80. The Hall–Kier alpha value is -3.62. The van der Waals surface area contributed by atoms with Crippen LogP contribution in [0.3, 0.4) is 0 Å². The molecule has 0 aliphatic heterocycles. The summed E-state index contributed by atoms with van der Waals surface area (Å²) in [6.07, 6.45) is 0.0349. The van der Waals surface area contributed by atoms with Gasteiger partial charge < -0.3 is 24.4 Å². The molecule has 4 unspecified atom stereocenters. The maximum Gasteiger partial charge on any atom is 0.345 e. The Bertz CT molecular complexity index is 989. The lowest BCUT2D eigenvalue weighted by molar-refractivity contribution is -0.152. The van der Waals surface area contributed by atoms with Gasteiger partial charge in [-0.2, -0.15) is 0 Å². The summed E-state index contributed by atoms with van der Waals surface area (Å²) in [5.74, 6) is -9.64. The molecule has 4 atom stereocenters. The summed E-state index contributed by atoms with van der Waals surface area (Å²) >= 11 is 0. The zero-order chi connectivity index (χ0) is 22.9. The molecule has 1 aromatic carbocycles. The molecule has 164 valence electrons. The monoisotopic (exact) mass is 430 g/mol. The lowest BCUT2D eigenvalue weighted by Crippen LogP contribution is -2.45. The van der Waals surface area contributed by atoms with Crippen LogP contribution in [-0.2, 0) is 33.4 Å². The van der Waals surface area contributed by atoms with Crippen LogP contribution in [0.5, 0.6) is 0 Å². The van der Waals surface area contributed by atoms with E-state index in [2.05, 4.69) is 4.74 Å². The molecule has 0 bridgehead atoms. The summed E-state index contributed by atoms with van der Waals surface area (Å²) < 4.78 is 14.2. The maximum atomic E-state index is 13.0. The van der Waals surface area contributed by atoms with Gasteiger partial charge >= 0.3 is 17.9 Å². The van der Waals surface area contributed by atoms with Crippen molar-refractivity contribution >= 4 is 23.7 Å². The highest BCUT2D eigenvalue weighted by Gasteiger charge is 2.54. The Balaban J connectivity index is 2.30. The third kappa shape index (κ3) is 3.56. The fourth-order valence-corrected chi connectivity index (χ4v) is 4.39. The summed E-state index contributed by atoms with van der Waals surface area (Å²) in [5, 5.41) is 21.8. The van der Waals surface area contributed by atoms with Crippen molar-refractivity contribution in [2.45, 2.75) is 12.3 Å². The molecule has 2 N–H and O–H groups in total. The van der Waals surface area contributed by atoms with Crippen molar-refractivity contribution in [3.05, 3.63) is 58.6 Å². The first-order chi connectivity index (χ1) is 14.8. The molecule has 0 aromatic heterocycles. The van der Waals surface area contributed by atoms with E-state index in [1.807, 2.05) is 0 Å². The van der Waals surface area contributed by atoms with Gasteiger partial charge in [-0.3, -0.25) is 14.4 Å². The van der Waals surface area contributed by atoms with Gasteiger partial charge in [0.05, 0.1) is 21.3 Å². The van der Waals surface area contributed by atoms with Gasteiger partial charge in [0.15, 0.2) is 5.78 Å². The number of aliphatic hydroxyl groups excluding tert-OH is 2. The minimum absolute atomic E-state index is 0.0349. The number of benzene rings is 1. The average molecular weight is 430 g/mol. The van der Waals surface area contributed by atoms with Crippen LogP contribution < -0.4 is 0 Å². The van der Waals surface area contributed by atoms with E-state index in [0.717, 1.165) is 21.3 Å². The number of carbonyl (C=O) groups excluding carboxylic acids is 4. The number of ketones is 1. The molecule has 0 spiro atoms. The van der Waals surface area contributed by atoms with Crippen molar-refractivity contribution in [2.75, 3.05) is 21.3 Å². The van der Waals surface area contributed by atoms with E-state index < -0.39 is 64.5 Å². The van der Waals surface area contributed by atoms with Gasteiger partial charge in [-0.1, -0.05) is 30.3 Å². The maximum absolute atomic E-state index is 13.0. The van der Waals surface area contributed by atoms with Crippen molar-refractivity contribution in [1.82, 2.24) is 0 Å². The van der Waals surface area contributed by atoms with Crippen LogP contribution in [0.4, 0.5) is 0 Å². The summed E-state index contributed by atoms with van der Waals surface area (Å²) in [5.41, 5.74) is -0.350. The van der Waals surface area contributed by atoms with E-state index in [4.69, 9.17) is 9.47 Å². The first-order valence-electron chi connectivity index (χ1n) is 9.48. The highest BCUT2D eigenvalue weighted by Crippen LogP contribution is 2.51. The van der Waals surface area contributed by atoms with Gasteiger partial charge in [-0.25, -0.2) is 4.79 Å². The quantitative estimate of drug-likeness (QED) is 0.317. The van der Waals surface area contributed by atoms with Crippen molar-refractivity contribution in [1.29, 1.82) is 0 Å². The van der Waals surface area contributed by atoms with Crippen LogP contribution in [0.1, 0.15) is 17.9 Å². The van der Waals surface area contributed by atoms with Crippen LogP contribution >= 0.6 is 0 Å². The highest BCUT2D eigenvalue weighted by atomic mass is 16.5. The van der Waals surface area contributed by atoms with E-state index in [1.165, 1.54) is 0 Å². The molecule has 1 aromatic rings. The summed E-state index contributed by atoms with van der Waals surface area (Å²) in [6, 6.07) is 8.75. The van der Waals surface area contributed by atoms with Gasteiger partial charge in [-0.05, 0) is 12.0 Å². The zero-order valence-electron chi connectivity index (χ0n) is 17.2. The second-order valence-electron chi connectivity index (χ2n) is 7.24. The fourth-order valence-electron chi connectivity index (χ4n) is 4.39. The average Bonchev–Trinajstić information content (AvgIpc) is 2.78. The van der Waals surface area contributed by atoms with E-state index in [1.54, 1.807) is 30.3 Å². The normalized spacial score (nSPS) is 25.6. The molecule has 0 fully saturated rings. The van der Waals surface area contributed by atoms with Gasteiger partial charge in [0.2, 0.25) is 0 Å². The minimum Gasteiger partial charge on any atom is -0.511 e. The first-order valence-corrected chi connectivity index (χ1v) is 9.48. The molecule has 2 aliphatic rings. The topological polar surface area (TPSA) is 136 Å². The Morgan fingerprint density at radius 1 is 0.871 bits per heavy atom. The second kappa shape index (κ2) is 8.63. The second-order valence-corrected chi connectivity index (χ2v) is 7.24. The van der Waals surface area contributed by atoms with Crippen LogP contribution in [0.15, 0.2) is 53.0 Å². The number of rotatable bonds is 4. The van der Waals surface area contributed by atoms with E-state index >= 15 is 0 Å². The van der Waals surface area contributed by atoms with E-state index in [-0.39, 0.29) is 12.0 Å². The smallest absolute Gasteiger partial charge is 0.345 e. The van der Waals surface area contributed by atoms with Gasteiger partial charge in [0, 0.05) is 17.4 Å². The van der Waals surface area contributed by atoms with Crippen molar-refractivity contribution < 1.29 is 43.6 Å². The standard InChI is InChI=1S/C22H22O9/c1-29-20(26)14-11(10-7-5-4-6-8-10)9-12-13(17(14)23)18(24)16(22(28)31-3)19(25)15(12)21(27)30-2/h4-8,11-12,14-15,23-24H,9H2,1-3H3. The molecule has 9 heteroatoms. The number of ether oxygens (including phenoxy) is 3. The van der Waals surface area contributed by atoms with Gasteiger partial charge in [0.25, 0.3) is 0 Å². The van der Waals surface area contributed by atoms with Crippen molar-refractivity contribution in [3.8, 4) is 0 Å². The number of hydrogen-bond acceptors (Lipinski definition) is 9. The molecule has 0 amide bonds. The summed E-state index contributed by atoms with van der Waals surface area (Å²) in [4.78, 5) is 50.3. The Morgan fingerprint density at radius 3 is 2.00 bits per heavy atom. The van der Waals surface area contributed by atoms with Gasteiger partial charge in [-0.15, -0.1) is 0 Å². The molecule has 0 saturated carbocycles. The minimum atomic E-state index is -1.50. The molecule has 9 nitrogen and oxygen atoms in total. The fraction of sp³-hybridized carbons (Fsp3) is 0.364. The van der Waals surface area contributed by atoms with Crippen LogP contribution in [-0.4, -0.2) is 55.2 Å². The predicted molar refractivity (Wildman–Crippen MR) is 105 cm³/mol. The summed E-state index contributed by atoms with van der Waals surface area (Å²) in [6.45, 7) is 0. The van der Waals surface area contributed by atoms with Crippen LogP contribution in [0, 0.1) is 17.8 Å². The van der Waals surface area contributed by atoms with Gasteiger partial charge in [0.1, 0.15) is 28.9 Å². The Kier molecular flexibility index (Phi) is 6.14. The molecule has 0 heterocycles. The first kappa shape index (κ1) is 22.1. The number of fused-ring (bicyclic) bond motifs is 1. The third-order valence-corrected chi connectivity index (χ3v) is 5.80. The number of allylic oxidation sites excluding steroid dienone is 1. The number of carbonyl (C=O) groups is 4. The number of aliphatic hydroxyl groups is 2. The van der Waals surface area contributed by atoms with Crippen molar-refractivity contribution in [2.24, 2.45) is 17.8 Å². The Morgan fingerprint density at radius 2 is 1.45 bits per heavy atom. The zero-order valence-corrected chi connectivity index (χ0v) is 17.2. The molecule has 0 radical (unpaired) electrons. The highest BCUT2D eigenvalue weighted by molar-refractivity contribution is 6.24. The van der Waals surface area contributed by atoms with Crippen LogP contribution in [0.2, 0.25) is 0 Å². The number of esters is 3. The number of hydrogen-bond donors (Lipinski definition) is 2. The van der Waals surface area contributed by atoms with Crippen molar-refractivity contribution in [3.63, 3.8) is 0 Å². The summed E-state index contributed by atoms with van der Waals surface area (Å²) in [7, 11) is 3.25. The van der Waals surface area contributed by atoms with E-state index in [0.29, 0.717) is 5.56 Å². The SMILES string of the molecule is COC(=O)C1=C(O)C2=C(O)C(C(=O)OC)C(c3ccccc3)CC2C(C(=O)OC)C1=O. The molecular weight excluding hydrogens is 408 g/mol. The lowest BCUT2D eigenvalue weighted by atomic mass is 9.62. The molecule has 3 rings (SSSR count). The largest absolute Gasteiger partial charge is 0.511 e. The molecule has 0 saturated heterocycles. The lowest BCUT2D eigenvalue weighted by Gasteiger charge is -2.40. The Labute approximate surface area is 177 Å². The van der Waals surface area contributed by atoms with Crippen LogP contribution in [0.25, 0.3) is 0 Å². The number of methoxy groups -OCH3 is 3. The predicted octanol–water partition coefficient (Wildman–Crippen LogP) is 1.75. The van der Waals surface area contributed by atoms with E-state index in [9.17, 15) is 29.4 Å². The molecular formula is C22H22O9.